The molecule has 3 aromatic rings. The third kappa shape index (κ3) is 3.61. The Balaban J connectivity index is 1.91. The molecule has 26 heavy (non-hydrogen) atoms. The van der Waals surface area contributed by atoms with Crippen molar-refractivity contribution < 1.29 is 8.42 Å². The van der Waals surface area contributed by atoms with Crippen molar-refractivity contribution in [2.45, 2.75) is 31.7 Å². The van der Waals surface area contributed by atoms with E-state index in [1.54, 1.807) is 24.3 Å². The average Bonchev–Trinajstić information content (AvgIpc) is 2.88. The van der Waals surface area contributed by atoms with Crippen LogP contribution in [0.1, 0.15) is 24.5 Å². The number of hydrazone groups is 1. The number of para-hydroxylation sites is 1. The molecular formula is C19H20ClN3O2S. The van der Waals surface area contributed by atoms with Crippen molar-refractivity contribution in [2.75, 3.05) is 0 Å². The summed E-state index contributed by atoms with van der Waals surface area (Å²) in [6.07, 6.45) is 2.40. The number of aromatic nitrogens is 1. The van der Waals surface area contributed by atoms with Crippen LogP contribution in [0.2, 0.25) is 5.15 Å². The van der Waals surface area contributed by atoms with E-state index in [2.05, 4.69) is 16.9 Å². The molecule has 0 radical (unpaired) electrons. The molecule has 5 nitrogen and oxygen atoms in total. The Hall–Kier alpha value is -2.31. The first-order chi connectivity index (χ1) is 12.4. The highest BCUT2D eigenvalue weighted by atomic mass is 35.5. The Kier molecular flexibility index (Phi) is 5.34. The van der Waals surface area contributed by atoms with Crippen molar-refractivity contribution in [3.8, 4) is 0 Å². The van der Waals surface area contributed by atoms with E-state index in [9.17, 15) is 8.42 Å². The Morgan fingerprint density at radius 3 is 2.54 bits per heavy atom. The zero-order chi connectivity index (χ0) is 18.7. The Morgan fingerprint density at radius 2 is 1.85 bits per heavy atom. The number of sulfonamides is 1. The number of nitrogens with zero attached hydrogens (tertiary/aromatic N) is 2. The first-order valence-electron chi connectivity index (χ1n) is 8.32. The summed E-state index contributed by atoms with van der Waals surface area (Å²) in [5.74, 6) is 0. The van der Waals surface area contributed by atoms with Crippen molar-refractivity contribution in [2.24, 2.45) is 5.10 Å². The van der Waals surface area contributed by atoms with Crippen molar-refractivity contribution in [3.05, 3.63) is 64.8 Å². The second kappa shape index (κ2) is 7.51. The summed E-state index contributed by atoms with van der Waals surface area (Å²) < 4.78 is 26.7. The van der Waals surface area contributed by atoms with Gasteiger partial charge in [-0.15, -0.1) is 0 Å². The van der Waals surface area contributed by atoms with Gasteiger partial charge in [0.1, 0.15) is 5.15 Å². The normalized spacial score (nSPS) is 12.1. The van der Waals surface area contributed by atoms with Crippen LogP contribution in [0.15, 0.2) is 58.5 Å². The van der Waals surface area contributed by atoms with Gasteiger partial charge in [0.25, 0.3) is 10.0 Å². The highest BCUT2D eigenvalue weighted by Gasteiger charge is 2.15. The fourth-order valence-corrected chi connectivity index (χ4v) is 3.91. The van der Waals surface area contributed by atoms with Crippen LogP contribution in [0.25, 0.3) is 10.9 Å². The van der Waals surface area contributed by atoms with Crippen LogP contribution < -0.4 is 4.83 Å². The van der Waals surface area contributed by atoms with Gasteiger partial charge in [0, 0.05) is 23.0 Å². The first-order valence-corrected chi connectivity index (χ1v) is 10.2. The van der Waals surface area contributed by atoms with E-state index >= 15 is 0 Å². The van der Waals surface area contributed by atoms with Crippen molar-refractivity contribution in [1.29, 1.82) is 0 Å². The molecule has 0 saturated heterocycles. The minimum atomic E-state index is -3.71. The Labute approximate surface area is 158 Å². The number of nitrogens with one attached hydrogen (secondary N) is 1. The lowest BCUT2D eigenvalue weighted by molar-refractivity contribution is 0.584. The molecule has 3 rings (SSSR count). The predicted octanol–water partition coefficient (Wildman–Crippen LogP) is 4.33. The van der Waals surface area contributed by atoms with E-state index < -0.39 is 10.0 Å². The zero-order valence-corrected chi connectivity index (χ0v) is 16.2. The van der Waals surface area contributed by atoms with Gasteiger partial charge in [0.2, 0.25) is 0 Å². The van der Waals surface area contributed by atoms with Crippen LogP contribution >= 0.6 is 11.6 Å². The SMILES string of the molecule is CCCn1c(Cl)c(C=NNS(=O)(=O)c2ccc(C)cc2)c2ccccc21. The van der Waals surface area contributed by atoms with Gasteiger partial charge in [0.05, 0.1) is 11.1 Å². The minimum Gasteiger partial charge on any atom is -0.331 e. The number of fused-ring (bicyclic) bond motifs is 1. The van der Waals surface area contributed by atoms with Crippen LogP contribution in [0.5, 0.6) is 0 Å². The summed E-state index contributed by atoms with van der Waals surface area (Å²) in [4.78, 5) is 2.42. The predicted molar refractivity (Wildman–Crippen MR) is 106 cm³/mol. The smallest absolute Gasteiger partial charge is 0.276 e. The monoisotopic (exact) mass is 389 g/mol. The van der Waals surface area contributed by atoms with E-state index in [-0.39, 0.29) is 4.90 Å². The molecule has 0 amide bonds. The summed E-state index contributed by atoms with van der Waals surface area (Å²) in [6.45, 7) is 4.76. The Morgan fingerprint density at radius 1 is 1.15 bits per heavy atom. The maximum absolute atomic E-state index is 12.3. The summed E-state index contributed by atoms with van der Waals surface area (Å²) >= 11 is 6.51. The second-order valence-electron chi connectivity index (χ2n) is 6.04. The number of aryl methyl sites for hydroxylation is 2. The summed E-state index contributed by atoms with van der Waals surface area (Å²) in [5.41, 5.74) is 2.69. The van der Waals surface area contributed by atoms with Gasteiger partial charge >= 0.3 is 0 Å². The van der Waals surface area contributed by atoms with E-state index in [0.717, 1.165) is 29.4 Å². The third-order valence-corrected chi connectivity index (χ3v) is 5.74. The molecular weight excluding hydrogens is 370 g/mol. The van der Waals surface area contributed by atoms with E-state index in [1.807, 2.05) is 35.8 Å². The van der Waals surface area contributed by atoms with Gasteiger partial charge in [-0.25, -0.2) is 4.83 Å². The lowest BCUT2D eigenvalue weighted by Crippen LogP contribution is -2.18. The summed E-state index contributed by atoms with van der Waals surface area (Å²) in [7, 11) is -3.71. The molecule has 0 aliphatic heterocycles. The van der Waals surface area contributed by atoms with Gasteiger partial charge in [0.15, 0.2) is 0 Å². The maximum atomic E-state index is 12.3. The largest absolute Gasteiger partial charge is 0.331 e. The first kappa shape index (κ1) is 18.5. The van der Waals surface area contributed by atoms with Gasteiger partial charge in [-0.1, -0.05) is 54.4 Å². The molecule has 0 spiro atoms. The van der Waals surface area contributed by atoms with Crippen LogP contribution in [0, 0.1) is 6.92 Å². The number of benzene rings is 2. The standard InChI is InChI=1S/C19H20ClN3O2S/c1-3-12-23-18-7-5-4-6-16(18)17(19(23)20)13-21-22-26(24,25)15-10-8-14(2)9-11-15/h4-11,13,22H,3,12H2,1-2H3. The molecule has 1 aromatic heterocycles. The van der Waals surface area contributed by atoms with Crippen LogP contribution in [0.4, 0.5) is 0 Å². The van der Waals surface area contributed by atoms with Gasteiger partial charge in [-0.05, 0) is 31.5 Å². The van der Waals surface area contributed by atoms with Crippen molar-refractivity contribution in [3.63, 3.8) is 0 Å². The molecule has 0 aliphatic rings. The van der Waals surface area contributed by atoms with E-state index in [0.29, 0.717) is 10.7 Å². The highest BCUT2D eigenvalue weighted by molar-refractivity contribution is 7.89. The highest BCUT2D eigenvalue weighted by Crippen LogP contribution is 2.29. The fourth-order valence-electron chi connectivity index (χ4n) is 2.79. The van der Waals surface area contributed by atoms with Gasteiger partial charge in [-0.3, -0.25) is 0 Å². The van der Waals surface area contributed by atoms with Gasteiger partial charge in [-0.2, -0.15) is 13.5 Å². The molecule has 1 N–H and O–H groups in total. The molecule has 0 atom stereocenters. The molecule has 0 fully saturated rings. The molecule has 7 heteroatoms. The molecule has 0 bridgehead atoms. The average molecular weight is 390 g/mol. The zero-order valence-electron chi connectivity index (χ0n) is 14.6. The number of halogens is 1. The topological polar surface area (TPSA) is 63.5 Å². The number of hydrogen-bond acceptors (Lipinski definition) is 3. The van der Waals surface area contributed by atoms with Gasteiger partial charge < -0.3 is 4.57 Å². The van der Waals surface area contributed by atoms with Crippen molar-refractivity contribution in [1.82, 2.24) is 9.40 Å². The van der Waals surface area contributed by atoms with Crippen molar-refractivity contribution >= 4 is 38.7 Å². The molecule has 1 heterocycles. The lowest BCUT2D eigenvalue weighted by Gasteiger charge is -2.04. The van der Waals surface area contributed by atoms with Crippen LogP contribution in [-0.2, 0) is 16.6 Å². The molecule has 0 unspecified atom stereocenters. The number of hydrogen-bond donors (Lipinski definition) is 1. The van der Waals surface area contributed by atoms with Crippen LogP contribution in [-0.4, -0.2) is 19.2 Å². The van der Waals surface area contributed by atoms with Crippen LogP contribution in [0.3, 0.4) is 0 Å². The third-order valence-electron chi connectivity index (χ3n) is 4.09. The molecule has 0 aliphatic carbocycles. The molecule has 136 valence electrons. The number of rotatable bonds is 6. The molecule has 2 aromatic carbocycles. The lowest BCUT2D eigenvalue weighted by atomic mass is 10.2. The quantitative estimate of drug-likeness (QED) is 0.504. The second-order valence-corrected chi connectivity index (χ2v) is 8.06. The maximum Gasteiger partial charge on any atom is 0.276 e. The molecule has 0 saturated carbocycles. The minimum absolute atomic E-state index is 0.166. The van der Waals surface area contributed by atoms with E-state index in [1.165, 1.54) is 6.21 Å². The fraction of sp³-hybridized carbons (Fsp3) is 0.211. The summed E-state index contributed by atoms with van der Waals surface area (Å²) in [6, 6.07) is 14.4. The summed E-state index contributed by atoms with van der Waals surface area (Å²) in [5, 5.41) is 5.42. The Bertz CT molecular complexity index is 1050. The van der Waals surface area contributed by atoms with E-state index in [4.69, 9.17) is 11.6 Å².